The first-order valence-electron chi connectivity index (χ1n) is 9.39. The third-order valence-electron chi connectivity index (χ3n) is 4.09. The summed E-state index contributed by atoms with van der Waals surface area (Å²) in [5.74, 6) is 1.41. The summed E-state index contributed by atoms with van der Waals surface area (Å²) in [4.78, 5) is 16.6. The monoisotopic (exact) mass is 379 g/mol. The first-order valence-corrected chi connectivity index (χ1v) is 9.39. The molecule has 3 aromatic rings. The van der Waals surface area contributed by atoms with Crippen LogP contribution in [0.1, 0.15) is 35.6 Å². The van der Waals surface area contributed by atoms with Crippen LogP contribution in [0.2, 0.25) is 0 Å². The maximum Gasteiger partial charge on any atom is 0.251 e. The number of carbonyl (C=O) groups is 1. The number of amides is 1. The molecule has 3 rings (SSSR count). The highest BCUT2D eigenvalue weighted by molar-refractivity contribution is 5.94. The fourth-order valence-corrected chi connectivity index (χ4v) is 2.76. The lowest BCUT2D eigenvalue weighted by molar-refractivity contribution is 0.0955. The number of pyridine rings is 1. The van der Waals surface area contributed by atoms with Crippen LogP contribution >= 0.6 is 0 Å². The highest BCUT2D eigenvalue weighted by Gasteiger charge is 2.07. The summed E-state index contributed by atoms with van der Waals surface area (Å²) in [6, 6.07) is 13.3. The van der Waals surface area contributed by atoms with Gasteiger partial charge in [-0.25, -0.2) is 4.99 Å². The number of nitrogens with one attached hydrogen (secondary N) is 3. The molecule has 0 spiro atoms. The Hall–Kier alpha value is -3.42. The van der Waals surface area contributed by atoms with Crippen molar-refractivity contribution < 1.29 is 4.79 Å². The fraction of sp³-hybridized carbons (Fsp3) is 0.300. The second kappa shape index (κ2) is 9.50. The second-order valence-corrected chi connectivity index (χ2v) is 6.15. The molecule has 0 atom stereocenters. The molecule has 2 aromatic heterocycles. The van der Waals surface area contributed by atoms with Gasteiger partial charge in [-0.3, -0.25) is 9.20 Å². The molecule has 2 heterocycles. The first kappa shape index (κ1) is 19.3. The molecule has 0 aliphatic carbocycles. The third-order valence-corrected chi connectivity index (χ3v) is 4.09. The van der Waals surface area contributed by atoms with E-state index in [9.17, 15) is 4.79 Å². The predicted molar refractivity (Wildman–Crippen MR) is 109 cm³/mol. The van der Waals surface area contributed by atoms with Gasteiger partial charge in [0.05, 0.1) is 13.1 Å². The molecule has 1 amide bonds. The van der Waals surface area contributed by atoms with Crippen LogP contribution in [-0.4, -0.2) is 39.6 Å². The Labute approximate surface area is 164 Å². The summed E-state index contributed by atoms with van der Waals surface area (Å²) >= 11 is 0. The molecule has 8 nitrogen and oxygen atoms in total. The van der Waals surface area contributed by atoms with Crippen LogP contribution in [0, 0.1) is 0 Å². The largest absolute Gasteiger partial charge is 0.357 e. The van der Waals surface area contributed by atoms with Crippen molar-refractivity contribution in [2.75, 3.05) is 13.1 Å². The summed E-state index contributed by atoms with van der Waals surface area (Å²) in [5, 5.41) is 17.7. The van der Waals surface area contributed by atoms with Crippen molar-refractivity contribution in [2.45, 2.75) is 26.9 Å². The molecule has 0 aliphatic rings. The zero-order chi connectivity index (χ0) is 19.8. The van der Waals surface area contributed by atoms with E-state index in [-0.39, 0.29) is 5.91 Å². The van der Waals surface area contributed by atoms with Gasteiger partial charge in [-0.1, -0.05) is 18.2 Å². The van der Waals surface area contributed by atoms with Crippen molar-refractivity contribution in [3.8, 4) is 0 Å². The minimum absolute atomic E-state index is 0.0722. The number of aromatic nitrogens is 3. The van der Waals surface area contributed by atoms with Gasteiger partial charge in [0.25, 0.3) is 5.91 Å². The van der Waals surface area contributed by atoms with Crippen LogP contribution in [0.25, 0.3) is 5.65 Å². The van der Waals surface area contributed by atoms with Crippen molar-refractivity contribution in [1.82, 2.24) is 30.5 Å². The number of aliphatic imine (C=N–C) groups is 1. The predicted octanol–water partition coefficient (Wildman–Crippen LogP) is 1.73. The molecular formula is C20H25N7O. The van der Waals surface area contributed by atoms with Crippen LogP contribution < -0.4 is 16.0 Å². The van der Waals surface area contributed by atoms with Gasteiger partial charge in [-0.05, 0) is 43.7 Å². The normalized spacial score (nSPS) is 11.4. The van der Waals surface area contributed by atoms with Crippen LogP contribution in [0.15, 0.2) is 53.7 Å². The standard InChI is InChI=1S/C20H25N7O/c1-3-21-19(28)16-9-7-8-15(12-16)13-23-20(22-4-2)24-14-18-26-25-17-10-5-6-11-27(17)18/h5-12H,3-4,13-14H2,1-2H3,(H,21,28)(H2,22,23,24). The second-order valence-electron chi connectivity index (χ2n) is 6.15. The summed E-state index contributed by atoms with van der Waals surface area (Å²) in [7, 11) is 0. The molecule has 8 heteroatoms. The number of hydrogen-bond donors (Lipinski definition) is 3. The van der Waals surface area contributed by atoms with Crippen molar-refractivity contribution in [2.24, 2.45) is 4.99 Å². The lowest BCUT2D eigenvalue weighted by Crippen LogP contribution is -2.37. The number of rotatable bonds is 7. The van der Waals surface area contributed by atoms with Crippen LogP contribution in [0.3, 0.4) is 0 Å². The number of fused-ring (bicyclic) bond motifs is 1. The Morgan fingerprint density at radius 3 is 2.71 bits per heavy atom. The van der Waals surface area contributed by atoms with E-state index in [2.05, 4.69) is 31.1 Å². The van der Waals surface area contributed by atoms with E-state index in [1.54, 1.807) is 6.07 Å². The molecule has 0 fully saturated rings. The average Bonchev–Trinajstić information content (AvgIpc) is 3.14. The van der Waals surface area contributed by atoms with E-state index in [1.807, 2.05) is 60.8 Å². The zero-order valence-corrected chi connectivity index (χ0v) is 16.1. The molecule has 0 unspecified atom stereocenters. The summed E-state index contributed by atoms with van der Waals surface area (Å²) in [6.07, 6.45) is 1.93. The maximum atomic E-state index is 12.0. The Morgan fingerprint density at radius 2 is 1.89 bits per heavy atom. The SMILES string of the molecule is CCNC(=O)c1cccc(CN=C(NCC)NCc2nnc3ccccn23)c1. The Kier molecular flexibility index (Phi) is 6.56. The van der Waals surface area contributed by atoms with Crippen molar-refractivity contribution >= 4 is 17.5 Å². The van der Waals surface area contributed by atoms with E-state index in [4.69, 9.17) is 0 Å². The Morgan fingerprint density at radius 1 is 1.04 bits per heavy atom. The minimum atomic E-state index is -0.0722. The number of carbonyl (C=O) groups excluding carboxylic acids is 1. The molecular weight excluding hydrogens is 354 g/mol. The quantitative estimate of drug-likeness (QED) is 0.429. The number of guanidine groups is 1. The molecule has 3 N–H and O–H groups in total. The van der Waals surface area contributed by atoms with E-state index < -0.39 is 0 Å². The van der Waals surface area contributed by atoms with E-state index in [0.29, 0.717) is 31.2 Å². The van der Waals surface area contributed by atoms with Gasteiger partial charge < -0.3 is 16.0 Å². The number of benzene rings is 1. The Balaban J connectivity index is 1.67. The highest BCUT2D eigenvalue weighted by Crippen LogP contribution is 2.07. The van der Waals surface area contributed by atoms with Crippen molar-refractivity contribution in [3.05, 3.63) is 65.6 Å². The van der Waals surface area contributed by atoms with E-state index in [0.717, 1.165) is 23.6 Å². The first-order chi connectivity index (χ1) is 13.7. The number of nitrogens with zero attached hydrogens (tertiary/aromatic N) is 4. The summed E-state index contributed by atoms with van der Waals surface area (Å²) in [6.45, 7) is 6.22. The molecule has 146 valence electrons. The topological polar surface area (TPSA) is 95.7 Å². The van der Waals surface area contributed by atoms with Gasteiger partial charge in [0.2, 0.25) is 0 Å². The molecule has 0 saturated carbocycles. The van der Waals surface area contributed by atoms with Gasteiger partial charge in [-0.15, -0.1) is 10.2 Å². The molecule has 0 aliphatic heterocycles. The van der Waals surface area contributed by atoms with E-state index >= 15 is 0 Å². The Bertz CT molecular complexity index is 964. The van der Waals surface area contributed by atoms with Crippen LogP contribution in [-0.2, 0) is 13.1 Å². The summed E-state index contributed by atoms with van der Waals surface area (Å²) in [5.41, 5.74) is 2.42. The molecule has 0 bridgehead atoms. The van der Waals surface area contributed by atoms with Gasteiger partial charge in [0.15, 0.2) is 17.4 Å². The fourth-order valence-electron chi connectivity index (χ4n) is 2.76. The van der Waals surface area contributed by atoms with E-state index in [1.165, 1.54) is 0 Å². The molecule has 0 saturated heterocycles. The van der Waals surface area contributed by atoms with Crippen molar-refractivity contribution in [3.63, 3.8) is 0 Å². The smallest absolute Gasteiger partial charge is 0.251 e. The molecule has 1 aromatic carbocycles. The zero-order valence-electron chi connectivity index (χ0n) is 16.1. The van der Waals surface area contributed by atoms with Crippen LogP contribution in [0.4, 0.5) is 0 Å². The molecule has 0 radical (unpaired) electrons. The van der Waals surface area contributed by atoms with Gasteiger partial charge in [0, 0.05) is 24.8 Å². The van der Waals surface area contributed by atoms with Crippen molar-refractivity contribution in [1.29, 1.82) is 0 Å². The van der Waals surface area contributed by atoms with Crippen LogP contribution in [0.5, 0.6) is 0 Å². The molecule has 28 heavy (non-hydrogen) atoms. The van der Waals surface area contributed by atoms with Gasteiger partial charge in [-0.2, -0.15) is 0 Å². The average molecular weight is 379 g/mol. The minimum Gasteiger partial charge on any atom is -0.357 e. The number of hydrogen-bond acceptors (Lipinski definition) is 4. The lowest BCUT2D eigenvalue weighted by atomic mass is 10.1. The maximum absolute atomic E-state index is 12.0. The van der Waals surface area contributed by atoms with Gasteiger partial charge >= 0.3 is 0 Å². The summed E-state index contributed by atoms with van der Waals surface area (Å²) < 4.78 is 1.94. The highest BCUT2D eigenvalue weighted by atomic mass is 16.1. The van der Waals surface area contributed by atoms with Gasteiger partial charge in [0.1, 0.15) is 0 Å². The lowest BCUT2D eigenvalue weighted by Gasteiger charge is -2.11. The third kappa shape index (κ3) is 4.85.